The van der Waals surface area contributed by atoms with Crippen LogP contribution in [0.1, 0.15) is 11.1 Å². The van der Waals surface area contributed by atoms with Crippen molar-refractivity contribution in [3.63, 3.8) is 0 Å². The van der Waals surface area contributed by atoms with E-state index in [1.807, 2.05) is 66.7 Å². The first-order chi connectivity index (χ1) is 19.5. The predicted octanol–water partition coefficient (Wildman–Crippen LogP) is 3.78. The lowest BCUT2D eigenvalue weighted by molar-refractivity contribution is -0.117. The van der Waals surface area contributed by atoms with E-state index >= 15 is 0 Å². The van der Waals surface area contributed by atoms with Crippen molar-refractivity contribution in [2.75, 3.05) is 26.3 Å². The zero-order valence-electron chi connectivity index (χ0n) is 21.6. The number of morpholine rings is 1. The van der Waals surface area contributed by atoms with Crippen molar-refractivity contribution in [1.29, 1.82) is 5.26 Å². The fourth-order valence-corrected chi connectivity index (χ4v) is 5.80. The van der Waals surface area contributed by atoms with Gasteiger partial charge in [0.1, 0.15) is 17.3 Å². The van der Waals surface area contributed by atoms with Crippen molar-refractivity contribution < 1.29 is 17.9 Å². The summed E-state index contributed by atoms with van der Waals surface area (Å²) in [6, 6.07) is 27.3. The van der Waals surface area contributed by atoms with Crippen LogP contribution in [-0.2, 0) is 26.1 Å². The SMILES string of the molecule is N#CC(=Cc1cn(-c2ccccc2)nc1-c1cccc(S(=O)(=O)N2CCOCC2)c1)C(=O)NCc1ccccc1. The number of rotatable bonds is 8. The number of hydrogen-bond acceptors (Lipinski definition) is 6. The highest BCUT2D eigenvalue weighted by Crippen LogP contribution is 2.29. The zero-order chi connectivity index (χ0) is 28.0. The Labute approximate surface area is 233 Å². The summed E-state index contributed by atoms with van der Waals surface area (Å²) in [7, 11) is -3.74. The number of benzene rings is 3. The molecule has 1 saturated heterocycles. The maximum absolute atomic E-state index is 13.3. The lowest BCUT2D eigenvalue weighted by atomic mass is 10.1. The molecular weight excluding hydrogens is 526 g/mol. The Morgan fingerprint density at radius 1 is 1.00 bits per heavy atom. The van der Waals surface area contributed by atoms with E-state index in [1.165, 1.54) is 10.4 Å². The Morgan fingerprint density at radius 2 is 1.70 bits per heavy atom. The average molecular weight is 554 g/mol. The summed E-state index contributed by atoms with van der Waals surface area (Å²) in [5.41, 5.74) is 3.05. The zero-order valence-corrected chi connectivity index (χ0v) is 22.4. The second-order valence-corrected chi connectivity index (χ2v) is 11.0. The fourth-order valence-electron chi connectivity index (χ4n) is 4.35. The van der Waals surface area contributed by atoms with Crippen LogP contribution in [0.5, 0.6) is 0 Å². The van der Waals surface area contributed by atoms with E-state index in [4.69, 9.17) is 9.84 Å². The second-order valence-electron chi connectivity index (χ2n) is 9.10. The van der Waals surface area contributed by atoms with Crippen molar-refractivity contribution in [3.05, 3.63) is 108 Å². The molecule has 40 heavy (non-hydrogen) atoms. The Bertz CT molecular complexity index is 1670. The van der Waals surface area contributed by atoms with Crippen LogP contribution in [0.25, 0.3) is 23.0 Å². The van der Waals surface area contributed by atoms with Crippen LogP contribution in [0.15, 0.2) is 102 Å². The number of sulfonamides is 1. The highest BCUT2D eigenvalue weighted by Gasteiger charge is 2.27. The van der Waals surface area contributed by atoms with E-state index in [-0.39, 0.29) is 30.1 Å². The maximum Gasteiger partial charge on any atom is 0.262 e. The number of carbonyl (C=O) groups excluding carboxylic acids is 1. The van der Waals surface area contributed by atoms with Crippen molar-refractivity contribution in [3.8, 4) is 23.0 Å². The third-order valence-electron chi connectivity index (χ3n) is 6.44. The van der Waals surface area contributed by atoms with Gasteiger partial charge < -0.3 is 10.1 Å². The van der Waals surface area contributed by atoms with Gasteiger partial charge in [-0.25, -0.2) is 13.1 Å². The molecule has 0 radical (unpaired) electrons. The number of ether oxygens (including phenoxy) is 1. The van der Waals surface area contributed by atoms with Crippen LogP contribution in [0.2, 0.25) is 0 Å². The third-order valence-corrected chi connectivity index (χ3v) is 8.33. The van der Waals surface area contributed by atoms with Crippen LogP contribution in [0.3, 0.4) is 0 Å². The molecule has 10 heteroatoms. The average Bonchev–Trinajstić information content (AvgIpc) is 3.44. The molecular formula is C30H27N5O4S. The molecule has 0 unspecified atom stereocenters. The monoisotopic (exact) mass is 553 g/mol. The molecule has 1 N–H and O–H groups in total. The van der Waals surface area contributed by atoms with E-state index < -0.39 is 15.9 Å². The highest BCUT2D eigenvalue weighted by molar-refractivity contribution is 7.89. The van der Waals surface area contributed by atoms with Crippen LogP contribution in [0.4, 0.5) is 0 Å². The molecule has 1 aliphatic rings. The Hall–Kier alpha value is -4.56. The minimum Gasteiger partial charge on any atom is -0.379 e. The molecule has 9 nitrogen and oxygen atoms in total. The Kier molecular flexibility index (Phi) is 8.17. The molecule has 0 spiro atoms. The molecule has 1 fully saturated rings. The molecule has 0 atom stereocenters. The van der Waals surface area contributed by atoms with E-state index in [1.54, 1.807) is 35.1 Å². The van der Waals surface area contributed by atoms with Crippen molar-refractivity contribution in [2.24, 2.45) is 0 Å². The number of amides is 1. The largest absolute Gasteiger partial charge is 0.379 e. The van der Waals surface area contributed by atoms with Crippen LogP contribution in [-0.4, -0.2) is 54.7 Å². The van der Waals surface area contributed by atoms with Gasteiger partial charge in [-0.2, -0.15) is 14.7 Å². The molecule has 1 amide bonds. The predicted molar refractivity (Wildman–Crippen MR) is 150 cm³/mol. The van der Waals surface area contributed by atoms with E-state index in [2.05, 4.69) is 5.32 Å². The quantitative estimate of drug-likeness (QED) is 0.262. The fraction of sp³-hybridized carbons (Fsp3) is 0.167. The molecule has 202 valence electrons. The molecule has 5 rings (SSSR count). The maximum atomic E-state index is 13.3. The van der Waals surface area contributed by atoms with E-state index in [0.29, 0.717) is 30.0 Å². The number of nitriles is 1. The van der Waals surface area contributed by atoms with Gasteiger partial charge in [-0.1, -0.05) is 60.7 Å². The third kappa shape index (κ3) is 6.02. The van der Waals surface area contributed by atoms with E-state index in [9.17, 15) is 18.5 Å². The van der Waals surface area contributed by atoms with Gasteiger partial charge in [-0.15, -0.1) is 0 Å². The molecule has 0 aliphatic carbocycles. The summed E-state index contributed by atoms with van der Waals surface area (Å²) in [5, 5.41) is 17.3. The number of hydrogen-bond donors (Lipinski definition) is 1. The molecule has 4 aromatic rings. The second kappa shape index (κ2) is 12.1. The first kappa shape index (κ1) is 27.0. The van der Waals surface area contributed by atoms with Gasteiger partial charge in [0, 0.05) is 37.0 Å². The standard InChI is InChI=1S/C30H27N5O4S/c31-20-25(30(36)32-21-23-8-3-1-4-9-23)18-26-22-35(27-11-5-2-6-12-27)33-29(26)24-10-7-13-28(19-24)40(37,38)34-14-16-39-17-15-34/h1-13,18-19,22H,14-17,21H2,(H,32,36). The topological polar surface area (TPSA) is 117 Å². The van der Waals surface area contributed by atoms with Crippen LogP contribution >= 0.6 is 0 Å². The first-order valence-corrected chi connectivity index (χ1v) is 14.2. The summed E-state index contributed by atoms with van der Waals surface area (Å²) in [6.45, 7) is 1.53. The van der Waals surface area contributed by atoms with Gasteiger partial charge in [-0.05, 0) is 35.9 Å². The van der Waals surface area contributed by atoms with Crippen molar-refractivity contribution >= 4 is 22.0 Å². The summed E-state index contributed by atoms with van der Waals surface area (Å²) in [5.74, 6) is -0.520. The summed E-state index contributed by atoms with van der Waals surface area (Å²) >= 11 is 0. The molecule has 1 aromatic heterocycles. The molecule has 1 aliphatic heterocycles. The lowest BCUT2D eigenvalue weighted by Gasteiger charge is -2.26. The summed E-state index contributed by atoms with van der Waals surface area (Å²) in [6.07, 6.45) is 3.20. The lowest BCUT2D eigenvalue weighted by Crippen LogP contribution is -2.40. The van der Waals surface area contributed by atoms with E-state index in [0.717, 1.165) is 11.3 Å². The van der Waals surface area contributed by atoms with Crippen molar-refractivity contribution in [1.82, 2.24) is 19.4 Å². The van der Waals surface area contributed by atoms with Gasteiger partial charge in [0.25, 0.3) is 5.91 Å². The number of aromatic nitrogens is 2. The molecule has 2 heterocycles. The highest BCUT2D eigenvalue weighted by atomic mass is 32.2. The Morgan fingerprint density at radius 3 is 2.40 bits per heavy atom. The number of carbonyl (C=O) groups is 1. The summed E-state index contributed by atoms with van der Waals surface area (Å²) in [4.78, 5) is 13.0. The smallest absolute Gasteiger partial charge is 0.262 e. The van der Waals surface area contributed by atoms with Gasteiger partial charge >= 0.3 is 0 Å². The normalized spacial score (nSPS) is 14.4. The summed E-state index contributed by atoms with van der Waals surface area (Å²) < 4.78 is 35.0. The number of nitrogens with zero attached hydrogens (tertiary/aromatic N) is 4. The minimum absolute atomic E-state index is 0.0955. The van der Waals surface area contributed by atoms with Gasteiger partial charge in [0.05, 0.1) is 23.8 Å². The number of nitrogens with one attached hydrogen (secondary N) is 1. The molecule has 0 saturated carbocycles. The molecule has 3 aromatic carbocycles. The molecule has 0 bridgehead atoms. The van der Waals surface area contributed by atoms with Gasteiger partial charge in [0.15, 0.2) is 0 Å². The minimum atomic E-state index is -3.74. The van der Waals surface area contributed by atoms with Crippen LogP contribution in [0, 0.1) is 11.3 Å². The first-order valence-electron chi connectivity index (χ1n) is 12.7. The van der Waals surface area contributed by atoms with Gasteiger partial charge in [-0.3, -0.25) is 4.79 Å². The van der Waals surface area contributed by atoms with Crippen molar-refractivity contribution in [2.45, 2.75) is 11.4 Å². The number of para-hydroxylation sites is 1. The van der Waals surface area contributed by atoms with Crippen LogP contribution < -0.4 is 5.32 Å². The Balaban J connectivity index is 1.52. The van der Waals surface area contributed by atoms with Gasteiger partial charge in [0.2, 0.25) is 10.0 Å².